The van der Waals surface area contributed by atoms with E-state index in [-0.39, 0.29) is 5.56 Å². The molecular weight excluding hydrogens is 234 g/mol. The second-order valence-electron chi connectivity index (χ2n) is 4.52. The van der Waals surface area contributed by atoms with E-state index in [9.17, 15) is 4.79 Å². The number of carbonyl (C=O) groups is 1. The summed E-state index contributed by atoms with van der Waals surface area (Å²) in [6, 6.07) is 1.48. The van der Waals surface area contributed by atoms with Crippen LogP contribution < -0.4 is 5.32 Å². The molecule has 1 unspecified atom stereocenters. The van der Waals surface area contributed by atoms with Crippen molar-refractivity contribution >= 4 is 5.97 Å². The fraction of sp³-hybridized carbons (Fsp3) is 0.615. The van der Waals surface area contributed by atoms with Crippen LogP contribution >= 0.6 is 0 Å². The van der Waals surface area contributed by atoms with E-state index < -0.39 is 5.97 Å². The van der Waals surface area contributed by atoms with E-state index in [4.69, 9.17) is 14.3 Å². The summed E-state index contributed by atoms with van der Waals surface area (Å²) < 4.78 is 10.8. The third-order valence-electron chi connectivity index (χ3n) is 3.18. The summed E-state index contributed by atoms with van der Waals surface area (Å²) in [7, 11) is 0. The second-order valence-corrected chi connectivity index (χ2v) is 4.52. The third kappa shape index (κ3) is 3.58. The highest BCUT2D eigenvalue weighted by molar-refractivity contribution is 5.88. The van der Waals surface area contributed by atoms with Crippen molar-refractivity contribution in [2.24, 2.45) is 0 Å². The summed E-state index contributed by atoms with van der Waals surface area (Å²) in [5.74, 6) is -0.469. The van der Waals surface area contributed by atoms with Gasteiger partial charge < -0.3 is 19.6 Å². The molecule has 1 aliphatic heterocycles. The van der Waals surface area contributed by atoms with Gasteiger partial charge in [0.15, 0.2) is 0 Å². The van der Waals surface area contributed by atoms with Gasteiger partial charge >= 0.3 is 5.97 Å². The van der Waals surface area contributed by atoms with Crippen molar-refractivity contribution in [2.45, 2.75) is 38.3 Å². The molecule has 2 rings (SSSR count). The Morgan fingerprint density at radius 3 is 3.11 bits per heavy atom. The summed E-state index contributed by atoms with van der Waals surface area (Å²) in [6.45, 7) is 2.12. The minimum atomic E-state index is -0.948. The molecule has 0 amide bonds. The van der Waals surface area contributed by atoms with Crippen molar-refractivity contribution in [3.05, 3.63) is 23.7 Å². The van der Waals surface area contributed by atoms with Gasteiger partial charge in [-0.25, -0.2) is 4.79 Å². The van der Waals surface area contributed by atoms with Gasteiger partial charge in [-0.3, -0.25) is 0 Å². The highest BCUT2D eigenvalue weighted by atomic mass is 16.5. The van der Waals surface area contributed by atoms with Crippen molar-refractivity contribution in [3.63, 3.8) is 0 Å². The van der Waals surface area contributed by atoms with Gasteiger partial charge in [0.25, 0.3) is 0 Å². The Kier molecular flexibility index (Phi) is 4.78. The first-order valence-electron chi connectivity index (χ1n) is 6.39. The van der Waals surface area contributed by atoms with Crippen molar-refractivity contribution < 1.29 is 19.1 Å². The first-order valence-corrected chi connectivity index (χ1v) is 6.39. The molecule has 1 aromatic rings. The van der Waals surface area contributed by atoms with Crippen molar-refractivity contribution in [1.29, 1.82) is 0 Å². The highest BCUT2D eigenvalue weighted by Gasteiger charge is 2.14. The Morgan fingerprint density at radius 2 is 2.39 bits per heavy atom. The molecule has 5 nitrogen and oxygen atoms in total. The summed E-state index contributed by atoms with van der Waals surface area (Å²) >= 11 is 0. The van der Waals surface area contributed by atoms with Crippen LogP contribution in [0, 0.1) is 0 Å². The predicted molar refractivity (Wildman–Crippen MR) is 65.6 cm³/mol. The minimum Gasteiger partial charge on any atom is -0.478 e. The molecule has 0 aliphatic carbocycles. The topological polar surface area (TPSA) is 71.7 Å². The molecule has 1 saturated heterocycles. The molecule has 0 spiro atoms. The van der Waals surface area contributed by atoms with Crippen molar-refractivity contribution in [3.8, 4) is 0 Å². The molecule has 100 valence electrons. The molecular formula is C13H19NO4. The van der Waals surface area contributed by atoms with Crippen LogP contribution in [0.25, 0.3) is 0 Å². The molecule has 5 heteroatoms. The first kappa shape index (κ1) is 13.1. The fourth-order valence-electron chi connectivity index (χ4n) is 2.17. The number of hydrogen-bond acceptors (Lipinski definition) is 4. The number of hydrogen-bond donors (Lipinski definition) is 2. The quantitative estimate of drug-likeness (QED) is 0.759. The average Bonchev–Trinajstić information content (AvgIpc) is 2.84. The van der Waals surface area contributed by atoms with Crippen LogP contribution in [0.2, 0.25) is 0 Å². The Hall–Kier alpha value is -1.33. The van der Waals surface area contributed by atoms with Gasteiger partial charge in [0.2, 0.25) is 0 Å². The number of ether oxygens (including phenoxy) is 1. The van der Waals surface area contributed by atoms with E-state index in [1.165, 1.54) is 18.8 Å². The van der Waals surface area contributed by atoms with Gasteiger partial charge in [-0.1, -0.05) is 0 Å². The van der Waals surface area contributed by atoms with Crippen LogP contribution in [-0.2, 0) is 11.3 Å². The van der Waals surface area contributed by atoms with Gasteiger partial charge in [0.1, 0.15) is 11.3 Å². The number of carboxylic acids is 1. The molecule has 1 atom stereocenters. The maximum atomic E-state index is 10.9. The van der Waals surface area contributed by atoms with Crippen LogP contribution in [0.5, 0.6) is 0 Å². The molecule has 1 aromatic heterocycles. The molecule has 1 aliphatic rings. The molecule has 1 fully saturated rings. The van der Waals surface area contributed by atoms with Crippen LogP contribution in [0.4, 0.5) is 0 Å². The molecule has 0 radical (unpaired) electrons. The Bertz CT molecular complexity index is 382. The predicted octanol–water partition coefficient (Wildman–Crippen LogP) is 2.03. The Labute approximate surface area is 106 Å². The van der Waals surface area contributed by atoms with Crippen molar-refractivity contribution in [2.75, 3.05) is 13.2 Å². The highest BCUT2D eigenvalue weighted by Crippen LogP contribution is 2.15. The zero-order valence-corrected chi connectivity index (χ0v) is 10.4. The lowest BCUT2D eigenvalue weighted by Crippen LogP contribution is -2.25. The lowest BCUT2D eigenvalue weighted by molar-refractivity contribution is 0.0114. The van der Waals surface area contributed by atoms with E-state index in [2.05, 4.69) is 5.32 Å². The van der Waals surface area contributed by atoms with Crippen LogP contribution in [-0.4, -0.2) is 30.3 Å². The molecule has 0 aromatic carbocycles. The van der Waals surface area contributed by atoms with E-state index >= 15 is 0 Å². The largest absolute Gasteiger partial charge is 0.478 e. The lowest BCUT2D eigenvalue weighted by Gasteiger charge is -2.22. The molecule has 18 heavy (non-hydrogen) atoms. The number of nitrogens with one attached hydrogen (secondary N) is 1. The first-order chi connectivity index (χ1) is 8.77. The SMILES string of the molecule is O=C(O)c1ccoc1CNCCC1CCCCO1. The van der Waals surface area contributed by atoms with Gasteiger partial charge in [0.05, 0.1) is 18.9 Å². The second kappa shape index (κ2) is 6.56. The maximum absolute atomic E-state index is 10.9. The number of carboxylic acid groups (broad SMARTS) is 1. The minimum absolute atomic E-state index is 0.233. The molecule has 0 bridgehead atoms. The molecule has 0 saturated carbocycles. The van der Waals surface area contributed by atoms with Crippen LogP contribution in [0.15, 0.2) is 16.7 Å². The fourth-order valence-corrected chi connectivity index (χ4v) is 2.17. The maximum Gasteiger partial charge on any atom is 0.339 e. The Morgan fingerprint density at radius 1 is 1.50 bits per heavy atom. The summed E-state index contributed by atoms with van der Waals surface area (Å²) in [5.41, 5.74) is 0.233. The summed E-state index contributed by atoms with van der Waals surface area (Å²) in [6.07, 6.45) is 6.25. The van der Waals surface area contributed by atoms with Gasteiger partial charge in [-0.2, -0.15) is 0 Å². The monoisotopic (exact) mass is 253 g/mol. The number of furan rings is 1. The number of rotatable bonds is 6. The van der Waals surface area contributed by atoms with Gasteiger partial charge in [-0.05, 0) is 38.3 Å². The Balaban J connectivity index is 1.68. The molecule has 2 heterocycles. The van der Waals surface area contributed by atoms with E-state index in [0.717, 1.165) is 32.4 Å². The normalized spacial score (nSPS) is 19.9. The third-order valence-corrected chi connectivity index (χ3v) is 3.18. The summed E-state index contributed by atoms with van der Waals surface area (Å²) in [4.78, 5) is 10.9. The zero-order chi connectivity index (χ0) is 12.8. The lowest BCUT2D eigenvalue weighted by atomic mass is 10.1. The van der Waals surface area contributed by atoms with Gasteiger partial charge in [-0.15, -0.1) is 0 Å². The van der Waals surface area contributed by atoms with Gasteiger partial charge in [0, 0.05) is 6.61 Å². The van der Waals surface area contributed by atoms with Crippen LogP contribution in [0.3, 0.4) is 0 Å². The van der Waals surface area contributed by atoms with Crippen molar-refractivity contribution in [1.82, 2.24) is 5.32 Å². The van der Waals surface area contributed by atoms with E-state index in [0.29, 0.717) is 18.4 Å². The standard InChI is InChI=1S/C13H19NO4/c15-13(16)11-5-8-18-12(11)9-14-6-4-10-3-1-2-7-17-10/h5,8,10,14H,1-4,6-7,9H2,(H,15,16). The smallest absolute Gasteiger partial charge is 0.339 e. The zero-order valence-electron chi connectivity index (χ0n) is 10.4. The average molecular weight is 253 g/mol. The molecule has 2 N–H and O–H groups in total. The van der Waals surface area contributed by atoms with E-state index in [1.54, 1.807) is 0 Å². The van der Waals surface area contributed by atoms with Crippen LogP contribution in [0.1, 0.15) is 41.8 Å². The van der Waals surface area contributed by atoms with E-state index in [1.807, 2.05) is 0 Å². The summed E-state index contributed by atoms with van der Waals surface area (Å²) in [5, 5.41) is 12.1. The number of aromatic carboxylic acids is 1.